The van der Waals surface area contributed by atoms with Crippen LogP contribution in [0.1, 0.15) is 37.5 Å². The predicted molar refractivity (Wildman–Crippen MR) is 102 cm³/mol. The molecule has 136 valence electrons. The average Bonchev–Trinajstić information content (AvgIpc) is 2.54. The molecule has 2 rings (SSSR count). The first-order valence-electron chi connectivity index (χ1n) is 8.40. The molecule has 25 heavy (non-hydrogen) atoms. The lowest BCUT2D eigenvalue weighted by molar-refractivity contribution is 0.320. The Morgan fingerprint density at radius 2 is 1.64 bits per heavy atom. The summed E-state index contributed by atoms with van der Waals surface area (Å²) in [5, 5.41) is 0. The van der Waals surface area contributed by atoms with Gasteiger partial charge in [-0.25, -0.2) is 13.1 Å². The Morgan fingerprint density at radius 3 is 2.24 bits per heavy atom. The third-order valence-electron chi connectivity index (χ3n) is 4.24. The second-order valence-electron chi connectivity index (χ2n) is 7.22. The summed E-state index contributed by atoms with van der Waals surface area (Å²) >= 11 is 0. The number of rotatable bonds is 6. The molecular weight excluding hydrogens is 334 g/mol. The molecule has 0 saturated carbocycles. The highest BCUT2D eigenvalue weighted by Crippen LogP contribution is 2.23. The van der Waals surface area contributed by atoms with Gasteiger partial charge in [0.25, 0.3) is 0 Å². The number of nitrogens with one attached hydrogen (secondary N) is 1. The van der Waals surface area contributed by atoms with Crippen LogP contribution in [-0.2, 0) is 15.4 Å². The van der Waals surface area contributed by atoms with Gasteiger partial charge in [-0.2, -0.15) is 0 Å². The van der Waals surface area contributed by atoms with E-state index in [1.54, 1.807) is 12.1 Å². The Hall–Kier alpha value is -1.85. The fraction of sp³-hybridized carbons (Fsp3) is 0.400. The van der Waals surface area contributed by atoms with Gasteiger partial charge >= 0.3 is 0 Å². The normalized spacial score (nSPS) is 12.2. The summed E-state index contributed by atoms with van der Waals surface area (Å²) in [6, 6.07) is 12.9. The van der Waals surface area contributed by atoms with E-state index in [-0.39, 0.29) is 23.5 Å². The molecule has 0 bridgehead atoms. The van der Waals surface area contributed by atoms with Crippen LogP contribution in [0.4, 0.5) is 0 Å². The molecule has 0 radical (unpaired) electrons. The number of ether oxygens (including phenoxy) is 1. The molecule has 0 atom stereocenters. The summed E-state index contributed by atoms with van der Waals surface area (Å²) in [6.07, 6.45) is 0. The van der Waals surface area contributed by atoms with Gasteiger partial charge in [-0.15, -0.1) is 0 Å². The summed E-state index contributed by atoms with van der Waals surface area (Å²) in [7, 11) is -3.53. The van der Waals surface area contributed by atoms with Crippen LogP contribution in [0.25, 0.3) is 0 Å². The van der Waals surface area contributed by atoms with Gasteiger partial charge in [0.2, 0.25) is 10.0 Å². The number of hydrogen-bond donors (Lipinski definition) is 1. The number of hydrogen-bond acceptors (Lipinski definition) is 3. The zero-order chi connectivity index (χ0) is 18.7. The summed E-state index contributed by atoms with van der Waals surface area (Å²) in [6.45, 7) is 10.8. The quantitative estimate of drug-likeness (QED) is 0.793. The Labute approximate surface area is 151 Å². The molecule has 0 aliphatic carbocycles. The molecule has 0 spiro atoms. The van der Waals surface area contributed by atoms with Crippen molar-refractivity contribution in [3.8, 4) is 5.75 Å². The number of benzene rings is 2. The molecule has 0 aromatic heterocycles. The zero-order valence-electron chi connectivity index (χ0n) is 15.6. The SMILES string of the molecule is Cc1cccc(OCCNS(=O)(=O)c2ccc(C(C)(C)C)cc2)c1C. The molecule has 0 aliphatic rings. The van der Waals surface area contributed by atoms with Crippen LogP contribution in [0.3, 0.4) is 0 Å². The minimum absolute atomic E-state index is 0.00473. The molecule has 5 heteroatoms. The maximum absolute atomic E-state index is 12.4. The molecule has 0 unspecified atom stereocenters. The van der Waals surface area contributed by atoms with E-state index >= 15 is 0 Å². The maximum Gasteiger partial charge on any atom is 0.240 e. The molecule has 2 aromatic rings. The van der Waals surface area contributed by atoms with Crippen molar-refractivity contribution < 1.29 is 13.2 Å². The summed E-state index contributed by atoms with van der Waals surface area (Å²) in [4.78, 5) is 0.271. The minimum atomic E-state index is -3.53. The molecule has 0 saturated heterocycles. The zero-order valence-corrected chi connectivity index (χ0v) is 16.4. The predicted octanol–water partition coefficient (Wildman–Crippen LogP) is 3.96. The summed E-state index contributed by atoms with van der Waals surface area (Å²) in [5.41, 5.74) is 3.32. The standard InChI is InChI=1S/C20H27NO3S/c1-15-7-6-8-19(16(15)2)24-14-13-21-25(22,23)18-11-9-17(10-12-18)20(3,4)5/h6-12,21H,13-14H2,1-5H3. The third kappa shape index (κ3) is 5.06. The van der Waals surface area contributed by atoms with Crippen molar-refractivity contribution in [3.05, 3.63) is 59.2 Å². The molecular formula is C20H27NO3S. The molecule has 1 N–H and O–H groups in total. The van der Waals surface area contributed by atoms with Crippen LogP contribution in [0.5, 0.6) is 5.75 Å². The number of aryl methyl sites for hydroxylation is 1. The molecule has 0 heterocycles. The average molecular weight is 362 g/mol. The van der Waals surface area contributed by atoms with Gasteiger partial charge in [-0.05, 0) is 54.2 Å². The summed E-state index contributed by atoms with van der Waals surface area (Å²) < 4.78 is 33.0. The molecule has 0 fully saturated rings. The Morgan fingerprint density at radius 1 is 1.00 bits per heavy atom. The van der Waals surface area contributed by atoms with Crippen molar-refractivity contribution in [1.82, 2.24) is 4.72 Å². The van der Waals surface area contributed by atoms with Crippen molar-refractivity contribution in [2.45, 2.75) is 44.9 Å². The van der Waals surface area contributed by atoms with Gasteiger partial charge in [0.05, 0.1) is 4.90 Å². The maximum atomic E-state index is 12.4. The van der Waals surface area contributed by atoms with Crippen molar-refractivity contribution in [1.29, 1.82) is 0 Å². The largest absolute Gasteiger partial charge is 0.492 e. The van der Waals surface area contributed by atoms with E-state index in [4.69, 9.17) is 4.74 Å². The summed E-state index contributed by atoms with van der Waals surface area (Å²) in [5.74, 6) is 0.786. The highest BCUT2D eigenvalue weighted by atomic mass is 32.2. The highest BCUT2D eigenvalue weighted by Gasteiger charge is 2.17. The Kier molecular flexibility index (Phi) is 5.91. The molecule has 2 aromatic carbocycles. The molecule has 4 nitrogen and oxygen atoms in total. The van der Waals surface area contributed by atoms with Crippen LogP contribution in [-0.4, -0.2) is 21.6 Å². The van der Waals surface area contributed by atoms with E-state index < -0.39 is 10.0 Å². The van der Waals surface area contributed by atoms with Gasteiger partial charge in [-0.1, -0.05) is 45.0 Å². The van der Waals surface area contributed by atoms with Crippen LogP contribution in [0.15, 0.2) is 47.4 Å². The van der Waals surface area contributed by atoms with E-state index in [9.17, 15) is 8.42 Å². The van der Waals surface area contributed by atoms with E-state index in [2.05, 4.69) is 25.5 Å². The van der Waals surface area contributed by atoms with Crippen LogP contribution < -0.4 is 9.46 Å². The highest BCUT2D eigenvalue weighted by molar-refractivity contribution is 7.89. The molecule has 0 amide bonds. The van der Waals surface area contributed by atoms with Crippen molar-refractivity contribution in [2.75, 3.05) is 13.2 Å². The van der Waals surface area contributed by atoms with E-state index in [0.29, 0.717) is 0 Å². The monoisotopic (exact) mass is 361 g/mol. The first-order valence-corrected chi connectivity index (χ1v) is 9.89. The lowest BCUT2D eigenvalue weighted by Gasteiger charge is -2.19. The van der Waals surface area contributed by atoms with Gasteiger partial charge < -0.3 is 4.74 Å². The first kappa shape index (κ1) is 19.5. The Bertz CT molecular complexity index is 819. The van der Waals surface area contributed by atoms with Crippen molar-refractivity contribution in [2.24, 2.45) is 0 Å². The van der Waals surface area contributed by atoms with Crippen LogP contribution in [0.2, 0.25) is 0 Å². The van der Waals surface area contributed by atoms with E-state index in [1.807, 2.05) is 44.2 Å². The first-order chi connectivity index (χ1) is 11.6. The van der Waals surface area contributed by atoms with Crippen molar-refractivity contribution >= 4 is 10.0 Å². The van der Waals surface area contributed by atoms with Crippen LogP contribution in [0, 0.1) is 13.8 Å². The van der Waals surface area contributed by atoms with Crippen molar-refractivity contribution in [3.63, 3.8) is 0 Å². The smallest absolute Gasteiger partial charge is 0.240 e. The lowest BCUT2D eigenvalue weighted by Crippen LogP contribution is -2.28. The number of sulfonamides is 1. The van der Waals surface area contributed by atoms with Gasteiger partial charge in [-0.3, -0.25) is 0 Å². The van der Waals surface area contributed by atoms with E-state index in [0.717, 1.165) is 22.4 Å². The third-order valence-corrected chi connectivity index (χ3v) is 5.71. The topological polar surface area (TPSA) is 55.4 Å². The lowest BCUT2D eigenvalue weighted by atomic mass is 9.87. The van der Waals surface area contributed by atoms with E-state index in [1.165, 1.54) is 0 Å². The fourth-order valence-corrected chi connectivity index (χ4v) is 3.45. The van der Waals surface area contributed by atoms with Gasteiger partial charge in [0.15, 0.2) is 0 Å². The minimum Gasteiger partial charge on any atom is -0.492 e. The second kappa shape index (κ2) is 7.58. The van der Waals surface area contributed by atoms with Gasteiger partial charge in [0.1, 0.15) is 12.4 Å². The Balaban J connectivity index is 1.94. The molecule has 0 aliphatic heterocycles. The second-order valence-corrected chi connectivity index (χ2v) is 8.99. The van der Waals surface area contributed by atoms with Crippen LogP contribution >= 0.6 is 0 Å². The fourth-order valence-electron chi connectivity index (χ4n) is 2.43. The van der Waals surface area contributed by atoms with Gasteiger partial charge in [0, 0.05) is 6.54 Å².